The van der Waals surface area contributed by atoms with Gasteiger partial charge in [-0.2, -0.15) is 10.2 Å². The topological polar surface area (TPSA) is 66.7 Å². The van der Waals surface area contributed by atoms with Gasteiger partial charge < -0.3 is 14.4 Å². The minimum atomic E-state index is -0.421. The fraction of sp³-hybridized carbons (Fsp3) is 0.609. The Morgan fingerprint density at radius 1 is 1.10 bits per heavy atom. The molecular weight excluding hydrogens is 380 g/mol. The number of amides is 1. The van der Waals surface area contributed by atoms with E-state index in [2.05, 4.69) is 45.3 Å². The maximum absolute atomic E-state index is 13.1. The second-order valence-electron chi connectivity index (χ2n) is 8.44. The van der Waals surface area contributed by atoms with Crippen molar-refractivity contribution in [2.24, 2.45) is 10.2 Å². The Balaban J connectivity index is 1.41. The van der Waals surface area contributed by atoms with Gasteiger partial charge in [-0.3, -0.25) is 9.69 Å². The zero-order valence-electron chi connectivity index (χ0n) is 17.5. The zero-order valence-corrected chi connectivity index (χ0v) is 17.5. The number of hydrogen-bond acceptors (Lipinski definition) is 6. The first-order valence-electron chi connectivity index (χ1n) is 10.7. The third-order valence-electron chi connectivity index (χ3n) is 6.27. The fourth-order valence-electron chi connectivity index (χ4n) is 4.36. The summed E-state index contributed by atoms with van der Waals surface area (Å²) in [4.78, 5) is 17.4. The number of ether oxygens (including phenoxy) is 2. The van der Waals surface area contributed by atoms with Gasteiger partial charge in [0.25, 0.3) is 0 Å². The van der Waals surface area contributed by atoms with Gasteiger partial charge in [0.05, 0.1) is 32.0 Å². The molecule has 1 unspecified atom stereocenters. The van der Waals surface area contributed by atoms with Crippen molar-refractivity contribution in [3.63, 3.8) is 0 Å². The van der Waals surface area contributed by atoms with E-state index >= 15 is 0 Å². The van der Waals surface area contributed by atoms with Crippen LogP contribution in [-0.4, -0.2) is 73.0 Å². The highest BCUT2D eigenvalue weighted by Crippen LogP contribution is 2.38. The number of hydrogen-bond donors (Lipinski definition) is 0. The van der Waals surface area contributed by atoms with Gasteiger partial charge in [0.1, 0.15) is 0 Å². The van der Waals surface area contributed by atoms with Crippen molar-refractivity contribution < 1.29 is 14.3 Å². The van der Waals surface area contributed by atoms with Gasteiger partial charge in [0, 0.05) is 51.9 Å². The minimum Gasteiger partial charge on any atom is -0.378 e. The lowest BCUT2D eigenvalue weighted by Gasteiger charge is -2.47. The van der Waals surface area contributed by atoms with Gasteiger partial charge >= 0.3 is 0 Å². The molecule has 0 bridgehead atoms. The quantitative estimate of drug-likeness (QED) is 0.648. The van der Waals surface area contributed by atoms with E-state index in [1.807, 2.05) is 11.0 Å². The molecule has 2 fully saturated rings. The molecule has 3 aliphatic rings. The SMILES string of the molecule is C#CCCC1(CCC(=O)N2CCOCC3(COCCN3Cc3ccccc3)C2)N=N1. The number of benzene rings is 1. The Kier molecular flexibility index (Phi) is 6.47. The zero-order chi connectivity index (χ0) is 20.9. The first kappa shape index (κ1) is 21.0. The van der Waals surface area contributed by atoms with E-state index < -0.39 is 5.66 Å². The molecule has 0 aromatic heterocycles. The van der Waals surface area contributed by atoms with Crippen molar-refractivity contribution in [3.05, 3.63) is 35.9 Å². The number of terminal acetylenes is 1. The highest BCUT2D eigenvalue weighted by molar-refractivity contribution is 5.76. The smallest absolute Gasteiger partial charge is 0.222 e. The molecule has 160 valence electrons. The lowest BCUT2D eigenvalue weighted by Crippen LogP contribution is -2.63. The van der Waals surface area contributed by atoms with E-state index in [9.17, 15) is 4.79 Å². The summed E-state index contributed by atoms with van der Waals surface area (Å²) in [5.74, 6) is 2.76. The van der Waals surface area contributed by atoms with Crippen LogP contribution in [0.4, 0.5) is 0 Å². The van der Waals surface area contributed by atoms with Crippen molar-refractivity contribution in [3.8, 4) is 12.3 Å². The van der Waals surface area contributed by atoms with Crippen molar-refractivity contribution >= 4 is 5.91 Å². The molecule has 1 aromatic rings. The van der Waals surface area contributed by atoms with E-state index in [1.165, 1.54) is 5.56 Å². The average molecular weight is 411 g/mol. The van der Waals surface area contributed by atoms with Gasteiger partial charge in [-0.15, -0.1) is 12.3 Å². The molecule has 1 atom stereocenters. The molecule has 1 amide bonds. The molecule has 0 aliphatic carbocycles. The number of nitrogens with zero attached hydrogens (tertiary/aromatic N) is 4. The summed E-state index contributed by atoms with van der Waals surface area (Å²) < 4.78 is 11.8. The number of rotatable bonds is 7. The van der Waals surface area contributed by atoms with Gasteiger partial charge in [0.2, 0.25) is 5.91 Å². The number of carbonyl (C=O) groups excluding carboxylic acids is 1. The summed E-state index contributed by atoms with van der Waals surface area (Å²) in [7, 11) is 0. The van der Waals surface area contributed by atoms with Crippen molar-refractivity contribution in [1.82, 2.24) is 9.80 Å². The van der Waals surface area contributed by atoms with Crippen LogP contribution in [0.5, 0.6) is 0 Å². The molecule has 3 heterocycles. The molecule has 30 heavy (non-hydrogen) atoms. The predicted octanol–water partition coefficient (Wildman–Crippen LogP) is 2.47. The molecule has 7 heteroatoms. The van der Waals surface area contributed by atoms with Crippen LogP contribution in [0.3, 0.4) is 0 Å². The van der Waals surface area contributed by atoms with Crippen LogP contribution in [0, 0.1) is 12.3 Å². The van der Waals surface area contributed by atoms with Crippen LogP contribution in [0.25, 0.3) is 0 Å². The van der Waals surface area contributed by atoms with Gasteiger partial charge in [-0.1, -0.05) is 30.3 Å². The summed E-state index contributed by atoms with van der Waals surface area (Å²) >= 11 is 0. The Morgan fingerprint density at radius 3 is 2.53 bits per heavy atom. The number of carbonyl (C=O) groups is 1. The summed E-state index contributed by atoms with van der Waals surface area (Å²) in [6, 6.07) is 10.4. The second kappa shape index (κ2) is 9.25. The van der Waals surface area contributed by atoms with Gasteiger partial charge in [-0.05, 0) is 5.56 Å². The standard InChI is InChI=1S/C23H30N4O3/c1-2-3-10-23(24-25-23)11-9-21(28)26-12-14-29-18-22(17-26)19-30-15-13-27(22)16-20-7-5-4-6-8-20/h1,4-8H,3,9-19H2. The first-order chi connectivity index (χ1) is 14.6. The molecule has 1 spiro atoms. The van der Waals surface area contributed by atoms with Crippen LogP contribution in [0.1, 0.15) is 31.2 Å². The van der Waals surface area contributed by atoms with Crippen LogP contribution < -0.4 is 0 Å². The van der Waals surface area contributed by atoms with Crippen LogP contribution in [0.15, 0.2) is 40.6 Å². The molecule has 4 rings (SSSR count). The van der Waals surface area contributed by atoms with E-state index in [0.717, 1.165) is 19.5 Å². The van der Waals surface area contributed by atoms with E-state index in [0.29, 0.717) is 58.8 Å². The van der Waals surface area contributed by atoms with Crippen LogP contribution in [-0.2, 0) is 20.8 Å². The van der Waals surface area contributed by atoms with Crippen molar-refractivity contribution in [2.75, 3.05) is 46.1 Å². The normalized spacial score (nSPS) is 25.6. The summed E-state index contributed by atoms with van der Waals surface area (Å²) in [6.45, 7) is 5.25. The van der Waals surface area contributed by atoms with Crippen molar-refractivity contribution in [2.45, 2.75) is 43.4 Å². The second-order valence-corrected chi connectivity index (χ2v) is 8.44. The maximum Gasteiger partial charge on any atom is 0.222 e. The third kappa shape index (κ3) is 4.89. The lowest BCUT2D eigenvalue weighted by atomic mass is 9.95. The Bertz CT molecular complexity index is 800. The van der Waals surface area contributed by atoms with E-state index in [-0.39, 0.29) is 11.4 Å². The lowest BCUT2D eigenvalue weighted by molar-refractivity contribution is -0.137. The molecule has 0 radical (unpaired) electrons. The molecule has 0 N–H and O–H groups in total. The molecule has 7 nitrogen and oxygen atoms in total. The fourth-order valence-corrected chi connectivity index (χ4v) is 4.36. The largest absolute Gasteiger partial charge is 0.378 e. The summed E-state index contributed by atoms with van der Waals surface area (Å²) in [5, 5.41) is 8.31. The molecule has 2 saturated heterocycles. The van der Waals surface area contributed by atoms with Gasteiger partial charge in [0.15, 0.2) is 5.66 Å². The highest BCUT2D eigenvalue weighted by Gasteiger charge is 2.45. The first-order valence-corrected chi connectivity index (χ1v) is 10.7. The predicted molar refractivity (Wildman–Crippen MR) is 113 cm³/mol. The average Bonchev–Trinajstić information content (AvgIpc) is 3.57. The summed E-state index contributed by atoms with van der Waals surface area (Å²) in [5.41, 5.74) is 0.513. The van der Waals surface area contributed by atoms with Crippen LogP contribution in [0.2, 0.25) is 0 Å². The minimum absolute atomic E-state index is 0.127. The highest BCUT2D eigenvalue weighted by atomic mass is 16.5. The number of morpholine rings is 1. The Labute approximate surface area is 178 Å². The summed E-state index contributed by atoms with van der Waals surface area (Å²) in [6.07, 6.45) is 7.77. The maximum atomic E-state index is 13.1. The Hall–Kier alpha value is -2.27. The monoisotopic (exact) mass is 410 g/mol. The molecular formula is C23H30N4O3. The molecule has 0 saturated carbocycles. The van der Waals surface area contributed by atoms with Crippen molar-refractivity contribution in [1.29, 1.82) is 0 Å². The third-order valence-corrected chi connectivity index (χ3v) is 6.27. The molecule has 3 aliphatic heterocycles. The van der Waals surface area contributed by atoms with Gasteiger partial charge in [-0.25, -0.2) is 0 Å². The van der Waals surface area contributed by atoms with E-state index in [1.54, 1.807) is 0 Å². The van der Waals surface area contributed by atoms with E-state index in [4.69, 9.17) is 15.9 Å². The van der Waals surface area contributed by atoms with Crippen LogP contribution >= 0.6 is 0 Å². The molecule has 1 aromatic carbocycles. The Morgan fingerprint density at radius 2 is 1.83 bits per heavy atom.